The van der Waals surface area contributed by atoms with Crippen LogP contribution in [0.5, 0.6) is 0 Å². The molecule has 0 fully saturated rings. The maximum Gasteiger partial charge on any atom is 0.253 e. The largest absolute Gasteiger partial charge is 0.351 e. The molecule has 102 valence electrons. The Balaban J connectivity index is 2.39. The normalized spacial score (nSPS) is 10.9. The number of nitrogens with zero attached hydrogens (tertiary/aromatic N) is 1. The van der Waals surface area contributed by atoms with Gasteiger partial charge in [0.1, 0.15) is 0 Å². The van der Waals surface area contributed by atoms with Crippen molar-refractivity contribution in [3.63, 3.8) is 0 Å². The van der Waals surface area contributed by atoms with Crippen LogP contribution in [0.15, 0.2) is 13.6 Å². The van der Waals surface area contributed by atoms with Crippen LogP contribution in [0, 0.1) is 0 Å². The van der Waals surface area contributed by atoms with E-state index in [1.54, 1.807) is 0 Å². The standard InChI is InChI=1S/C12H18Br2N2OS/c1-3-6-16(4-2)7-5-15-12(17)9-8-10(13)18-11(9)14/h8H,3-7H2,1-2H3,(H,15,17). The number of carbonyl (C=O) groups is 1. The highest BCUT2D eigenvalue weighted by Gasteiger charge is 2.13. The molecule has 0 radical (unpaired) electrons. The fraction of sp³-hybridized carbons (Fsp3) is 0.583. The first-order chi connectivity index (χ1) is 8.58. The van der Waals surface area contributed by atoms with Gasteiger partial charge in [0.15, 0.2) is 0 Å². The topological polar surface area (TPSA) is 32.3 Å². The molecule has 0 saturated heterocycles. The third-order valence-electron chi connectivity index (χ3n) is 2.60. The lowest BCUT2D eigenvalue weighted by Gasteiger charge is -2.19. The molecule has 3 nitrogen and oxygen atoms in total. The van der Waals surface area contributed by atoms with Crippen molar-refractivity contribution >= 4 is 49.1 Å². The predicted octanol–water partition coefficient (Wildman–Crippen LogP) is 3.73. The highest BCUT2D eigenvalue weighted by molar-refractivity contribution is 9.12. The lowest BCUT2D eigenvalue weighted by Crippen LogP contribution is -2.35. The summed E-state index contributed by atoms with van der Waals surface area (Å²) in [6.45, 7) is 8.01. The van der Waals surface area contributed by atoms with E-state index in [0.717, 1.165) is 33.6 Å². The predicted molar refractivity (Wildman–Crippen MR) is 84.5 cm³/mol. The highest BCUT2D eigenvalue weighted by Crippen LogP contribution is 2.31. The Kier molecular flexibility index (Phi) is 7.44. The van der Waals surface area contributed by atoms with E-state index < -0.39 is 0 Å². The molecule has 18 heavy (non-hydrogen) atoms. The van der Waals surface area contributed by atoms with Crippen molar-refractivity contribution in [1.82, 2.24) is 10.2 Å². The monoisotopic (exact) mass is 396 g/mol. The number of rotatable bonds is 7. The number of thiophene rings is 1. The summed E-state index contributed by atoms with van der Waals surface area (Å²) in [6.07, 6.45) is 1.14. The second kappa shape index (κ2) is 8.30. The van der Waals surface area contributed by atoms with E-state index in [1.807, 2.05) is 6.07 Å². The molecule has 0 unspecified atom stereocenters. The van der Waals surface area contributed by atoms with Gasteiger partial charge in [-0.2, -0.15) is 0 Å². The van der Waals surface area contributed by atoms with Gasteiger partial charge < -0.3 is 10.2 Å². The third-order valence-corrected chi connectivity index (χ3v) is 4.94. The number of nitrogens with one attached hydrogen (secondary N) is 1. The van der Waals surface area contributed by atoms with Crippen LogP contribution in [-0.2, 0) is 0 Å². The van der Waals surface area contributed by atoms with Crippen LogP contribution in [-0.4, -0.2) is 37.0 Å². The quantitative estimate of drug-likeness (QED) is 0.759. The maximum absolute atomic E-state index is 11.9. The van der Waals surface area contributed by atoms with Crippen molar-refractivity contribution in [3.8, 4) is 0 Å². The molecule has 0 aromatic carbocycles. The Morgan fingerprint density at radius 3 is 2.61 bits per heavy atom. The number of hydrogen-bond acceptors (Lipinski definition) is 3. The first kappa shape index (κ1) is 16.1. The van der Waals surface area contributed by atoms with Crippen LogP contribution in [0.1, 0.15) is 30.6 Å². The molecule has 0 atom stereocenters. The Morgan fingerprint density at radius 1 is 1.39 bits per heavy atom. The van der Waals surface area contributed by atoms with Crippen LogP contribution in [0.25, 0.3) is 0 Å². The van der Waals surface area contributed by atoms with Gasteiger partial charge in [0.05, 0.1) is 13.1 Å². The van der Waals surface area contributed by atoms with Crippen molar-refractivity contribution in [1.29, 1.82) is 0 Å². The van der Waals surface area contributed by atoms with Gasteiger partial charge in [0.25, 0.3) is 5.91 Å². The van der Waals surface area contributed by atoms with Gasteiger partial charge in [-0.05, 0) is 57.4 Å². The Morgan fingerprint density at radius 2 is 2.11 bits per heavy atom. The molecule has 1 aromatic heterocycles. The van der Waals surface area contributed by atoms with E-state index in [1.165, 1.54) is 11.3 Å². The molecule has 0 bridgehead atoms. The van der Waals surface area contributed by atoms with Crippen LogP contribution >= 0.6 is 43.2 Å². The van der Waals surface area contributed by atoms with Gasteiger partial charge in [-0.3, -0.25) is 4.79 Å². The van der Waals surface area contributed by atoms with Gasteiger partial charge in [-0.1, -0.05) is 13.8 Å². The lowest BCUT2D eigenvalue weighted by atomic mass is 10.3. The molecule has 1 N–H and O–H groups in total. The Hall–Kier alpha value is 0.0900. The van der Waals surface area contributed by atoms with E-state index >= 15 is 0 Å². The van der Waals surface area contributed by atoms with Gasteiger partial charge in [0.2, 0.25) is 0 Å². The first-order valence-corrected chi connectivity index (χ1v) is 8.44. The Bertz CT molecular complexity index is 395. The minimum atomic E-state index is -0.0172. The fourth-order valence-corrected chi connectivity index (χ4v) is 4.46. The van der Waals surface area contributed by atoms with Gasteiger partial charge in [0, 0.05) is 13.1 Å². The summed E-state index contributed by atoms with van der Waals surface area (Å²) >= 11 is 8.28. The summed E-state index contributed by atoms with van der Waals surface area (Å²) in [5, 5.41) is 2.95. The average molecular weight is 398 g/mol. The molecule has 1 heterocycles. The molecule has 0 aliphatic heterocycles. The molecule has 0 aliphatic rings. The zero-order valence-electron chi connectivity index (χ0n) is 10.6. The number of amides is 1. The zero-order chi connectivity index (χ0) is 13.5. The fourth-order valence-electron chi connectivity index (χ4n) is 1.66. The van der Waals surface area contributed by atoms with Crippen molar-refractivity contribution in [2.75, 3.05) is 26.2 Å². The highest BCUT2D eigenvalue weighted by atomic mass is 79.9. The molecule has 0 spiro atoms. The van der Waals surface area contributed by atoms with Crippen molar-refractivity contribution < 1.29 is 4.79 Å². The van der Waals surface area contributed by atoms with Crippen LogP contribution in [0.2, 0.25) is 0 Å². The average Bonchev–Trinajstić information content (AvgIpc) is 2.67. The summed E-state index contributed by atoms with van der Waals surface area (Å²) in [4.78, 5) is 14.3. The third kappa shape index (κ3) is 4.99. The van der Waals surface area contributed by atoms with Gasteiger partial charge >= 0.3 is 0 Å². The number of hydrogen-bond donors (Lipinski definition) is 1. The van der Waals surface area contributed by atoms with E-state index in [4.69, 9.17) is 0 Å². The lowest BCUT2D eigenvalue weighted by molar-refractivity contribution is 0.0948. The molecular weight excluding hydrogens is 380 g/mol. The molecule has 1 amide bonds. The second-order valence-corrected chi connectivity index (χ2v) is 7.68. The molecule has 0 saturated carbocycles. The van der Waals surface area contributed by atoms with Crippen LogP contribution < -0.4 is 5.32 Å². The van der Waals surface area contributed by atoms with E-state index in [2.05, 4.69) is 55.9 Å². The van der Waals surface area contributed by atoms with Crippen molar-refractivity contribution in [2.45, 2.75) is 20.3 Å². The van der Waals surface area contributed by atoms with Crippen molar-refractivity contribution in [2.24, 2.45) is 0 Å². The number of halogens is 2. The molecule has 1 rings (SSSR count). The van der Waals surface area contributed by atoms with E-state index in [0.29, 0.717) is 12.1 Å². The Labute approximate surface area is 129 Å². The molecular formula is C12H18Br2N2OS. The molecule has 0 aliphatic carbocycles. The number of carbonyl (C=O) groups excluding carboxylic acids is 1. The minimum absolute atomic E-state index is 0.0172. The van der Waals surface area contributed by atoms with E-state index in [-0.39, 0.29) is 5.91 Å². The summed E-state index contributed by atoms with van der Waals surface area (Å²) in [7, 11) is 0. The smallest absolute Gasteiger partial charge is 0.253 e. The van der Waals surface area contributed by atoms with Crippen LogP contribution in [0.3, 0.4) is 0 Å². The molecule has 1 aromatic rings. The van der Waals surface area contributed by atoms with Gasteiger partial charge in [-0.25, -0.2) is 0 Å². The first-order valence-electron chi connectivity index (χ1n) is 6.03. The zero-order valence-corrected chi connectivity index (χ0v) is 14.6. The second-order valence-electron chi connectivity index (χ2n) is 3.93. The molecule has 6 heteroatoms. The summed E-state index contributed by atoms with van der Waals surface area (Å²) in [6, 6.07) is 1.84. The van der Waals surface area contributed by atoms with Gasteiger partial charge in [-0.15, -0.1) is 11.3 Å². The summed E-state index contributed by atoms with van der Waals surface area (Å²) in [5.41, 5.74) is 0.699. The summed E-state index contributed by atoms with van der Waals surface area (Å²) < 4.78 is 1.83. The van der Waals surface area contributed by atoms with Crippen molar-refractivity contribution in [3.05, 3.63) is 19.2 Å². The minimum Gasteiger partial charge on any atom is -0.351 e. The van der Waals surface area contributed by atoms with E-state index in [9.17, 15) is 4.79 Å². The number of likely N-dealkylation sites (N-methyl/N-ethyl adjacent to an activating group) is 1. The van der Waals surface area contributed by atoms with Crippen LogP contribution in [0.4, 0.5) is 0 Å². The maximum atomic E-state index is 11.9. The summed E-state index contributed by atoms with van der Waals surface area (Å²) in [5.74, 6) is -0.0172. The SMILES string of the molecule is CCCN(CC)CCNC(=O)c1cc(Br)sc1Br.